The van der Waals surface area contributed by atoms with Crippen LogP contribution in [0.2, 0.25) is 0 Å². The Labute approximate surface area is 143 Å². The van der Waals surface area contributed by atoms with E-state index in [0.29, 0.717) is 23.9 Å². The lowest BCUT2D eigenvalue weighted by atomic mass is 9.48. The van der Waals surface area contributed by atoms with Gasteiger partial charge in [0.2, 0.25) is 0 Å². The van der Waals surface area contributed by atoms with Crippen LogP contribution in [0.3, 0.4) is 0 Å². The Morgan fingerprint density at radius 2 is 1.87 bits per heavy atom. The first-order valence-electron chi connectivity index (χ1n) is 8.77. The summed E-state index contributed by atoms with van der Waals surface area (Å²) in [5.41, 5.74) is 0.491. The quantitative estimate of drug-likeness (QED) is 0.445. The highest BCUT2D eigenvalue weighted by molar-refractivity contribution is 6.18. The van der Waals surface area contributed by atoms with E-state index in [-0.39, 0.29) is 11.5 Å². The van der Waals surface area contributed by atoms with Crippen molar-refractivity contribution in [2.75, 3.05) is 12.4 Å². The number of halogens is 1. The molecule has 0 aromatic carbocycles. The molecule has 1 atom stereocenters. The summed E-state index contributed by atoms with van der Waals surface area (Å²) in [6.45, 7) is 2.60. The predicted octanol–water partition coefficient (Wildman–Crippen LogP) is 2.94. The number of hydrogen-bond donors (Lipinski definition) is 2. The highest BCUT2D eigenvalue weighted by Gasteiger charge is 2.52. The van der Waals surface area contributed by atoms with Gasteiger partial charge in [-0.05, 0) is 68.6 Å². The third kappa shape index (κ3) is 3.35. The van der Waals surface area contributed by atoms with Crippen LogP contribution in [0.15, 0.2) is 11.8 Å². The maximum atomic E-state index is 11.9. The zero-order valence-corrected chi connectivity index (χ0v) is 14.5. The van der Waals surface area contributed by atoms with Crippen molar-refractivity contribution in [3.63, 3.8) is 0 Å². The van der Waals surface area contributed by atoms with Gasteiger partial charge in [-0.2, -0.15) is 5.26 Å². The van der Waals surface area contributed by atoms with Crippen LogP contribution in [-0.4, -0.2) is 24.4 Å². The average molecular weight is 336 g/mol. The van der Waals surface area contributed by atoms with Crippen LogP contribution in [-0.2, 0) is 4.79 Å². The molecule has 4 nitrogen and oxygen atoms in total. The van der Waals surface area contributed by atoms with E-state index in [1.54, 1.807) is 6.20 Å². The predicted molar refractivity (Wildman–Crippen MR) is 90.6 cm³/mol. The minimum absolute atomic E-state index is 0.131. The zero-order valence-electron chi connectivity index (χ0n) is 13.8. The Bertz CT molecular complexity index is 502. The smallest absolute Gasteiger partial charge is 0.263 e. The minimum Gasteiger partial charge on any atom is -0.387 e. The van der Waals surface area contributed by atoms with E-state index in [9.17, 15) is 10.1 Å². The van der Waals surface area contributed by atoms with E-state index in [2.05, 4.69) is 17.6 Å². The lowest BCUT2D eigenvalue weighted by Crippen LogP contribution is -2.54. The van der Waals surface area contributed by atoms with E-state index < -0.39 is 0 Å². The van der Waals surface area contributed by atoms with Gasteiger partial charge in [-0.25, -0.2) is 0 Å². The number of nitrogens with one attached hydrogen (secondary N) is 2. The van der Waals surface area contributed by atoms with Gasteiger partial charge in [0.15, 0.2) is 0 Å². The normalized spacial score (nSPS) is 36.4. The van der Waals surface area contributed by atoms with Crippen LogP contribution in [0.25, 0.3) is 0 Å². The number of carbonyl (C=O) groups excluding carboxylic acids is 1. The van der Waals surface area contributed by atoms with Crippen LogP contribution in [0.1, 0.15) is 45.4 Å². The van der Waals surface area contributed by atoms with Crippen molar-refractivity contribution >= 4 is 17.5 Å². The molecule has 4 fully saturated rings. The number of rotatable bonds is 6. The van der Waals surface area contributed by atoms with Crippen LogP contribution in [0.4, 0.5) is 0 Å². The molecule has 0 heterocycles. The fourth-order valence-electron chi connectivity index (χ4n) is 5.50. The lowest BCUT2D eigenvalue weighted by Gasteiger charge is -2.59. The fraction of sp³-hybridized carbons (Fsp3) is 0.778. The van der Waals surface area contributed by atoms with E-state index in [1.165, 1.54) is 38.5 Å². The molecule has 1 unspecified atom stereocenters. The monoisotopic (exact) mass is 335 g/mol. The summed E-state index contributed by atoms with van der Waals surface area (Å²) >= 11 is 5.56. The number of amides is 1. The van der Waals surface area contributed by atoms with E-state index in [0.717, 1.165) is 17.8 Å². The number of nitriles is 1. The maximum Gasteiger partial charge on any atom is 0.263 e. The number of alkyl halides is 1. The SMILES string of the molecule is CC(N/C=C(/C#N)C(=O)NCCCl)C12CC3CC(CC(C3)C1)C2. The lowest BCUT2D eigenvalue weighted by molar-refractivity contribution is -0.117. The second kappa shape index (κ2) is 6.73. The van der Waals surface area contributed by atoms with Crippen LogP contribution in [0.5, 0.6) is 0 Å². The molecule has 4 aliphatic carbocycles. The molecule has 0 spiro atoms. The van der Waals surface area contributed by atoms with Crippen molar-refractivity contribution in [2.45, 2.75) is 51.5 Å². The third-order valence-electron chi connectivity index (χ3n) is 6.23. The van der Waals surface area contributed by atoms with Gasteiger partial charge in [0.25, 0.3) is 5.91 Å². The largest absolute Gasteiger partial charge is 0.387 e. The second-order valence-corrected chi connectivity index (χ2v) is 8.16. The summed E-state index contributed by atoms with van der Waals surface area (Å²) in [5.74, 6) is 2.70. The van der Waals surface area contributed by atoms with Crippen molar-refractivity contribution in [3.05, 3.63) is 11.8 Å². The first-order valence-corrected chi connectivity index (χ1v) is 9.30. The fourth-order valence-corrected chi connectivity index (χ4v) is 5.59. The zero-order chi connectivity index (χ0) is 16.4. The number of carbonyl (C=O) groups is 1. The number of nitrogens with zero attached hydrogens (tertiary/aromatic N) is 1. The molecule has 4 saturated carbocycles. The summed E-state index contributed by atoms with van der Waals surface area (Å²) < 4.78 is 0. The molecule has 23 heavy (non-hydrogen) atoms. The third-order valence-corrected chi connectivity index (χ3v) is 6.42. The Kier molecular flexibility index (Phi) is 4.87. The molecular formula is C18H26ClN3O. The molecule has 0 saturated heterocycles. The maximum absolute atomic E-state index is 11.9. The summed E-state index contributed by atoms with van der Waals surface area (Å²) in [7, 11) is 0. The minimum atomic E-state index is -0.349. The van der Waals surface area contributed by atoms with Gasteiger partial charge in [0.1, 0.15) is 11.6 Å². The van der Waals surface area contributed by atoms with Gasteiger partial charge in [-0.1, -0.05) is 0 Å². The van der Waals surface area contributed by atoms with Gasteiger partial charge in [-0.3, -0.25) is 4.79 Å². The van der Waals surface area contributed by atoms with E-state index in [1.807, 2.05) is 6.07 Å². The molecule has 5 heteroatoms. The topological polar surface area (TPSA) is 64.9 Å². The van der Waals surface area contributed by atoms with Crippen molar-refractivity contribution in [3.8, 4) is 6.07 Å². The molecular weight excluding hydrogens is 310 g/mol. The van der Waals surface area contributed by atoms with Gasteiger partial charge in [0, 0.05) is 24.7 Å². The highest BCUT2D eigenvalue weighted by atomic mass is 35.5. The molecule has 0 aromatic rings. The van der Waals surface area contributed by atoms with Crippen molar-refractivity contribution < 1.29 is 4.79 Å². The molecule has 4 bridgehead atoms. The van der Waals surface area contributed by atoms with Gasteiger partial charge >= 0.3 is 0 Å². The van der Waals surface area contributed by atoms with E-state index >= 15 is 0 Å². The van der Waals surface area contributed by atoms with Crippen LogP contribution >= 0.6 is 11.6 Å². The standard InChI is InChI=1S/C18H26ClN3O/c1-12(22-11-16(10-20)17(23)21-3-2-19)18-7-13-4-14(8-18)6-15(5-13)9-18/h11-15,22H,2-9H2,1H3,(H,21,23)/b16-11-. The molecule has 0 radical (unpaired) electrons. The highest BCUT2D eigenvalue weighted by Crippen LogP contribution is 2.61. The van der Waals surface area contributed by atoms with Gasteiger partial charge in [-0.15, -0.1) is 11.6 Å². The molecule has 0 aliphatic heterocycles. The summed E-state index contributed by atoms with van der Waals surface area (Å²) in [6.07, 6.45) is 9.79. The molecule has 0 aromatic heterocycles. The Hall–Kier alpha value is -1.21. The van der Waals surface area contributed by atoms with Crippen molar-refractivity contribution in [2.24, 2.45) is 23.2 Å². The molecule has 4 rings (SSSR count). The molecule has 126 valence electrons. The van der Waals surface area contributed by atoms with Crippen molar-refractivity contribution in [1.29, 1.82) is 5.26 Å². The van der Waals surface area contributed by atoms with E-state index in [4.69, 9.17) is 11.6 Å². The second-order valence-electron chi connectivity index (χ2n) is 7.78. The Balaban J connectivity index is 1.64. The van der Waals surface area contributed by atoms with Gasteiger partial charge in [0.05, 0.1) is 0 Å². The first kappa shape index (κ1) is 16.6. The van der Waals surface area contributed by atoms with Crippen LogP contribution in [0, 0.1) is 34.5 Å². The van der Waals surface area contributed by atoms with Crippen molar-refractivity contribution in [1.82, 2.24) is 10.6 Å². The molecule has 2 N–H and O–H groups in total. The van der Waals surface area contributed by atoms with Crippen LogP contribution < -0.4 is 10.6 Å². The Morgan fingerprint density at radius 3 is 2.35 bits per heavy atom. The number of hydrogen-bond acceptors (Lipinski definition) is 3. The Morgan fingerprint density at radius 1 is 1.30 bits per heavy atom. The summed E-state index contributed by atoms with van der Waals surface area (Å²) in [6, 6.07) is 2.29. The van der Waals surface area contributed by atoms with Gasteiger partial charge < -0.3 is 10.6 Å². The average Bonchev–Trinajstić information content (AvgIpc) is 2.51. The first-order chi connectivity index (χ1) is 11.1. The molecule has 4 aliphatic rings. The molecule has 1 amide bonds. The summed E-state index contributed by atoms with van der Waals surface area (Å²) in [5, 5.41) is 15.2. The summed E-state index contributed by atoms with van der Waals surface area (Å²) in [4.78, 5) is 11.9.